The van der Waals surface area contributed by atoms with Crippen molar-refractivity contribution in [2.45, 2.75) is 23.9 Å². The molecule has 1 heterocycles. The highest BCUT2D eigenvalue weighted by Crippen LogP contribution is 2.47. The Morgan fingerprint density at radius 2 is 1.59 bits per heavy atom. The Bertz CT molecular complexity index is 2140. The molecule has 6 rings (SSSR count). The van der Waals surface area contributed by atoms with E-state index in [4.69, 9.17) is 11.6 Å². The molecule has 0 saturated heterocycles. The number of aldehydes is 1. The van der Waals surface area contributed by atoms with Crippen LogP contribution in [-0.4, -0.2) is 16.4 Å². The number of halogens is 5. The molecule has 0 fully saturated rings. The van der Waals surface area contributed by atoms with Gasteiger partial charge in [-0.05, 0) is 77.7 Å². The van der Waals surface area contributed by atoms with Crippen molar-refractivity contribution in [2.75, 3.05) is 0 Å². The highest BCUT2D eigenvalue weighted by Gasteiger charge is 2.27. The molecule has 0 bridgehead atoms. The average Bonchev–Trinajstić information content (AvgIpc) is 3.37. The molecule has 4 aromatic carbocycles. The summed E-state index contributed by atoms with van der Waals surface area (Å²) in [5.74, 6) is -0.545. The molecule has 1 aromatic heterocycles. The van der Waals surface area contributed by atoms with Crippen LogP contribution >= 0.6 is 23.5 Å². The van der Waals surface area contributed by atoms with Crippen LogP contribution < -0.4 is 0 Å². The first-order chi connectivity index (χ1) is 22.2. The molecule has 226 valence electrons. The number of aromatic nitrogens is 1. The number of carbonyl (C=O) groups is 1. The summed E-state index contributed by atoms with van der Waals surface area (Å²) in [5.41, 5.74) is 3.52. The summed E-state index contributed by atoms with van der Waals surface area (Å²) in [7, 11) is 0. The van der Waals surface area contributed by atoms with Gasteiger partial charge < -0.3 is 0 Å². The summed E-state index contributed by atoms with van der Waals surface area (Å²) in [5, 5.41) is 20.9. The molecule has 1 aliphatic rings. The van der Waals surface area contributed by atoms with Crippen LogP contribution in [0, 0.1) is 28.5 Å². The smallest absolute Gasteiger partial charge is 0.263 e. The molecule has 1 unspecified atom stereocenters. The SMILES string of the molecule is N#Cc1cccc(C#N)c1-c1c(-c2cccc(C3=C(Cl)C=C(C=O)C(F)C3)c2)n(Sc2ccc(C(F)F)cc2)c2ccc(F)cc12. The van der Waals surface area contributed by atoms with Gasteiger partial charge >= 0.3 is 0 Å². The molecular weight excluding hydrogens is 634 g/mol. The molecule has 0 N–H and O–H groups in total. The van der Waals surface area contributed by atoms with Crippen LogP contribution in [0.3, 0.4) is 0 Å². The third-order valence-corrected chi connectivity index (χ3v) is 9.10. The number of allylic oxidation sites excluding steroid dienone is 4. The lowest BCUT2D eigenvalue weighted by Gasteiger charge is -2.19. The van der Waals surface area contributed by atoms with Gasteiger partial charge in [-0.3, -0.25) is 8.77 Å². The van der Waals surface area contributed by atoms with E-state index in [2.05, 4.69) is 12.1 Å². The van der Waals surface area contributed by atoms with Crippen molar-refractivity contribution in [1.82, 2.24) is 3.97 Å². The van der Waals surface area contributed by atoms with E-state index in [0.29, 0.717) is 55.6 Å². The van der Waals surface area contributed by atoms with Gasteiger partial charge in [0, 0.05) is 49.6 Å². The molecule has 1 atom stereocenters. The van der Waals surface area contributed by atoms with E-state index in [1.165, 1.54) is 42.3 Å². The first-order valence-electron chi connectivity index (χ1n) is 13.9. The van der Waals surface area contributed by atoms with E-state index >= 15 is 0 Å². The van der Waals surface area contributed by atoms with Crippen LogP contribution in [0.25, 0.3) is 38.9 Å². The quantitative estimate of drug-likeness (QED) is 0.129. The Hall–Kier alpha value is -5.09. The zero-order valence-electron chi connectivity index (χ0n) is 23.6. The molecule has 10 heteroatoms. The van der Waals surface area contributed by atoms with Gasteiger partial charge in [-0.1, -0.05) is 48.0 Å². The second-order valence-electron chi connectivity index (χ2n) is 10.4. The van der Waals surface area contributed by atoms with Crippen molar-refractivity contribution in [3.8, 4) is 34.5 Å². The molecule has 0 amide bonds. The van der Waals surface area contributed by atoms with Crippen molar-refractivity contribution >= 4 is 46.3 Å². The number of nitriles is 2. The lowest BCUT2D eigenvalue weighted by atomic mass is 9.89. The summed E-state index contributed by atoms with van der Waals surface area (Å²) in [6.07, 6.45) is -2.58. The summed E-state index contributed by atoms with van der Waals surface area (Å²) in [6, 6.07) is 26.0. The van der Waals surface area contributed by atoms with Crippen LogP contribution in [0.1, 0.15) is 35.1 Å². The number of hydrogen-bond donors (Lipinski definition) is 0. The molecule has 4 nitrogen and oxygen atoms in total. The number of fused-ring (bicyclic) bond motifs is 1. The van der Waals surface area contributed by atoms with Crippen LogP contribution in [0.5, 0.6) is 0 Å². The Balaban J connectivity index is 1.68. The van der Waals surface area contributed by atoms with Gasteiger partial charge in [0.05, 0.1) is 34.5 Å². The minimum atomic E-state index is -2.64. The maximum absolute atomic E-state index is 14.9. The van der Waals surface area contributed by atoms with E-state index in [1.807, 2.05) is 0 Å². The fourth-order valence-corrected chi connectivity index (χ4v) is 6.89. The van der Waals surface area contributed by atoms with E-state index < -0.39 is 18.4 Å². The average molecular weight is 654 g/mol. The zero-order chi connectivity index (χ0) is 32.5. The van der Waals surface area contributed by atoms with E-state index in [9.17, 15) is 32.9 Å². The fraction of sp³-hybridized carbons (Fsp3) is 0.0833. The molecule has 0 radical (unpaired) electrons. The van der Waals surface area contributed by atoms with Gasteiger partial charge in [0.2, 0.25) is 0 Å². The van der Waals surface area contributed by atoms with Gasteiger partial charge in [0.15, 0.2) is 0 Å². The van der Waals surface area contributed by atoms with Gasteiger partial charge in [0.1, 0.15) is 18.3 Å². The fourth-order valence-electron chi connectivity index (χ4n) is 5.57. The first kappa shape index (κ1) is 30.9. The second-order valence-corrected chi connectivity index (χ2v) is 11.9. The van der Waals surface area contributed by atoms with Crippen molar-refractivity contribution < 1.29 is 22.4 Å². The third kappa shape index (κ3) is 5.60. The second kappa shape index (κ2) is 12.7. The largest absolute Gasteiger partial charge is 0.298 e. The van der Waals surface area contributed by atoms with Crippen LogP contribution in [0.2, 0.25) is 0 Å². The summed E-state index contributed by atoms with van der Waals surface area (Å²) in [4.78, 5) is 11.9. The summed E-state index contributed by atoms with van der Waals surface area (Å²) in [6.45, 7) is 0. The molecule has 46 heavy (non-hydrogen) atoms. The predicted molar refractivity (Wildman–Crippen MR) is 171 cm³/mol. The third-order valence-electron chi connectivity index (χ3n) is 7.72. The van der Waals surface area contributed by atoms with E-state index in [1.54, 1.807) is 64.6 Å². The van der Waals surface area contributed by atoms with Crippen LogP contribution in [0.15, 0.2) is 107 Å². The number of benzene rings is 4. The van der Waals surface area contributed by atoms with Gasteiger partial charge in [-0.15, -0.1) is 0 Å². The minimum Gasteiger partial charge on any atom is -0.298 e. The Morgan fingerprint density at radius 1 is 0.913 bits per heavy atom. The normalized spacial score (nSPS) is 14.7. The highest BCUT2D eigenvalue weighted by atomic mass is 35.5. The Morgan fingerprint density at radius 3 is 2.24 bits per heavy atom. The molecule has 1 aliphatic carbocycles. The highest BCUT2D eigenvalue weighted by molar-refractivity contribution is 7.98. The number of rotatable bonds is 7. The number of carbonyl (C=O) groups excluding carboxylic acids is 1. The van der Waals surface area contributed by atoms with Crippen molar-refractivity contribution in [2.24, 2.45) is 0 Å². The van der Waals surface area contributed by atoms with Crippen molar-refractivity contribution in [3.05, 3.63) is 130 Å². The topological polar surface area (TPSA) is 69.6 Å². The number of nitrogens with zero attached hydrogens (tertiary/aromatic N) is 3. The maximum Gasteiger partial charge on any atom is 0.263 e. The lowest BCUT2D eigenvalue weighted by Crippen LogP contribution is -2.11. The number of alkyl halides is 3. The standard InChI is InChI=1S/C36H20ClF4N3OS/c37-30-14-25(19-45)31(39)16-28(30)21-3-1-4-22(13-21)35-34(33-23(17-42)5-2-6-24(33)18-43)29-15-26(38)9-12-32(29)44(35)46-27-10-7-20(8-11-27)36(40)41/h1-15,19,31,36H,16H2. The Kier molecular flexibility index (Phi) is 8.55. The monoisotopic (exact) mass is 653 g/mol. The van der Waals surface area contributed by atoms with E-state index in [-0.39, 0.29) is 33.7 Å². The van der Waals surface area contributed by atoms with Crippen molar-refractivity contribution in [3.63, 3.8) is 0 Å². The van der Waals surface area contributed by atoms with Crippen LogP contribution in [-0.2, 0) is 4.79 Å². The minimum absolute atomic E-state index is 0.0549. The van der Waals surface area contributed by atoms with Gasteiger partial charge in [-0.25, -0.2) is 17.6 Å². The van der Waals surface area contributed by atoms with Gasteiger partial charge in [-0.2, -0.15) is 10.5 Å². The van der Waals surface area contributed by atoms with E-state index in [0.717, 1.165) is 0 Å². The van der Waals surface area contributed by atoms with Gasteiger partial charge in [0.25, 0.3) is 6.43 Å². The lowest BCUT2D eigenvalue weighted by molar-refractivity contribution is -0.105. The molecular formula is C36H20ClF4N3OS. The molecule has 0 aliphatic heterocycles. The van der Waals surface area contributed by atoms with Crippen molar-refractivity contribution in [1.29, 1.82) is 10.5 Å². The maximum atomic E-state index is 14.9. The van der Waals surface area contributed by atoms with Crippen LogP contribution in [0.4, 0.5) is 17.6 Å². The molecule has 0 saturated carbocycles. The zero-order valence-corrected chi connectivity index (χ0v) is 25.2. The Labute approximate surface area is 270 Å². The predicted octanol–water partition coefficient (Wildman–Crippen LogP) is 10.2. The number of hydrogen-bond acceptors (Lipinski definition) is 4. The molecule has 5 aromatic rings. The first-order valence-corrected chi connectivity index (χ1v) is 15.0. The molecule has 0 spiro atoms. The summed E-state index contributed by atoms with van der Waals surface area (Å²) >= 11 is 7.71. The summed E-state index contributed by atoms with van der Waals surface area (Å²) < 4.78 is 58.2.